The van der Waals surface area contributed by atoms with E-state index in [1.165, 1.54) is 23.1 Å². The SMILES string of the molecule is CC/C=C1\C(=O)C=C2CCCC(C)=C21. The topological polar surface area (TPSA) is 17.1 Å². The number of hydrogen-bond donors (Lipinski definition) is 0. The maximum atomic E-state index is 11.7. The molecule has 74 valence electrons. The minimum atomic E-state index is 0.220. The monoisotopic (exact) mass is 188 g/mol. The molecule has 0 N–H and O–H groups in total. The van der Waals surface area contributed by atoms with E-state index in [0.717, 1.165) is 24.8 Å². The summed E-state index contributed by atoms with van der Waals surface area (Å²) in [6, 6.07) is 0. The maximum Gasteiger partial charge on any atom is 0.186 e. The molecular formula is C13H16O. The Morgan fingerprint density at radius 2 is 2.21 bits per heavy atom. The van der Waals surface area contributed by atoms with Crippen LogP contribution >= 0.6 is 0 Å². The molecule has 0 radical (unpaired) electrons. The van der Waals surface area contributed by atoms with Crippen molar-refractivity contribution >= 4 is 5.78 Å². The smallest absolute Gasteiger partial charge is 0.186 e. The highest BCUT2D eigenvalue weighted by Gasteiger charge is 2.27. The lowest BCUT2D eigenvalue weighted by Gasteiger charge is -2.17. The van der Waals surface area contributed by atoms with Gasteiger partial charge in [-0.1, -0.05) is 18.6 Å². The molecule has 0 unspecified atom stereocenters. The van der Waals surface area contributed by atoms with Crippen LogP contribution in [0.4, 0.5) is 0 Å². The van der Waals surface area contributed by atoms with Crippen LogP contribution in [0.2, 0.25) is 0 Å². The molecule has 0 aromatic heterocycles. The first-order chi connectivity index (χ1) is 6.74. The van der Waals surface area contributed by atoms with E-state index in [2.05, 4.69) is 19.9 Å². The Morgan fingerprint density at radius 3 is 2.93 bits per heavy atom. The highest BCUT2D eigenvalue weighted by molar-refractivity contribution is 6.13. The fourth-order valence-corrected chi connectivity index (χ4v) is 2.38. The van der Waals surface area contributed by atoms with E-state index < -0.39 is 0 Å². The second-order valence-corrected chi connectivity index (χ2v) is 4.07. The van der Waals surface area contributed by atoms with E-state index in [9.17, 15) is 4.79 Å². The van der Waals surface area contributed by atoms with Gasteiger partial charge in [-0.05, 0) is 49.8 Å². The Kier molecular flexibility index (Phi) is 2.40. The predicted molar refractivity (Wildman–Crippen MR) is 58.0 cm³/mol. The largest absolute Gasteiger partial charge is 0.289 e. The summed E-state index contributed by atoms with van der Waals surface area (Å²) in [7, 11) is 0. The van der Waals surface area contributed by atoms with Gasteiger partial charge in [0.25, 0.3) is 0 Å². The minimum absolute atomic E-state index is 0.220. The van der Waals surface area contributed by atoms with E-state index in [1.807, 2.05) is 6.08 Å². The summed E-state index contributed by atoms with van der Waals surface area (Å²) in [5.74, 6) is 0.220. The second-order valence-electron chi connectivity index (χ2n) is 4.07. The summed E-state index contributed by atoms with van der Waals surface area (Å²) < 4.78 is 0. The van der Waals surface area contributed by atoms with Gasteiger partial charge in [0.15, 0.2) is 5.78 Å². The molecule has 2 aliphatic carbocycles. The van der Waals surface area contributed by atoms with E-state index in [1.54, 1.807) is 0 Å². The van der Waals surface area contributed by atoms with Gasteiger partial charge in [0.2, 0.25) is 0 Å². The van der Waals surface area contributed by atoms with Gasteiger partial charge in [0.1, 0.15) is 0 Å². The molecule has 0 aromatic rings. The van der Waals surface area contributed by atoms with Gasteiger partial charge in [-0.15, -0.1) is 0 Å². The van der Waals surface area contributed by atoms with Gasteiger partial charge < -0.3 is 0 Å². The van der Waals surface area contributed by atoms with Crippen molar-refractivity contribution in [1.29, 1.82) is 0 Å². The molecule has 2 aliphatic rings. The van der Waals surface area contributed by atoms with E-state index in [4.69, 9.17) is 0 Å². The van der Waals surface area contributed by atoms with Gasteiger partial charge >= 0.3 is 0 Å². The number of allylic oxidation sites excluding steroid dienone is 6. The number of fused-ring (bicyclic) bond motifs is 1. The molecule has 0 amide bonds. The van der Waals surface area contributed by atoms with Gasteiger partial charge in [-0.25, -0.2) is 0 Å². The lowest BCUT2D eigenvalue weighted by atomic mass is 9.87. The van der Waals surface area contributed by atoms with Crippen molar-refractivity contribution in [2.45, 2.75) is 39.5 Å². The molecule has 0 atom stereocenters. The first-order valence-corrected chi connectivity index (χ1v) is 5.39. The van der Waals surface area contributed by atoms with Crippen LogP contribution in [0.25, 0.3) is 0 Å². The second kappa shape index (κ2) is 3.56. The molecule has 0 bridgehead atoms. The minimum Gasteiger partial charge on any atom is -0.289 e. The lowest BCUT2D eigenvalue weighted by molar-refractivity contribution is -0.110. The maximum absolute atomic E-state index is 11.7. The van der Waals surface area contributed by atoms with Crippen LogP contribution < -0.4 is 0 Å². The Morgan fingerprint density at radius 1 is 1.43 bits per heavy atom. The zero-order chi connectivity index (χ0) is 10.1. The van der Waals surface area contributed by atoms with Crippen LogP contribution in [-0.2, 0) is 4.79 Å². The van der Waals surface area contributed by atoms with E-state index >= 15 is 0 Å². The molecule has 0 spiro atoms. The zero-order valence-electron chi connectivity index (χ0n) is 8.89. The highest BCUT2D eigenvalue weighted by atomic mass is 16.1. The quantitative estimate of drug-likeness (QED) is 0.577. The molecule has 0 saturated heterocycles. The lowest BCUT2D eigenvalue weighted by Crippen LogP contribution is -2.01. The molecule has 0 saturated carbocycles. The van der Waals surface area contributed by atoms with Crippen molar-refractivity contribution in [2.24, 2.45) is 0 Å². The summed E-state index contributed by atoms with van der Waals surface area (Å²) in [6.45, 7) is 4.24. The summed E-state index contributed by atoms with van der Waals surface area (Å²) in [5.41, 5.74) is 4.90. The first-order valence-electron chi connectivity index (χ1n) is 5.39. The fourth-order valence-electron chi connectivity index (χ4n) is 2.38. The zero-order valence-corrected chi connectivity index (χ0v) is 8.89. The average molecular weight is 188 g/mol. The summed E-state index contributed by atoms with van der Waals surface area (Å²) in [5, 5.41) is 0. The summed E-state index contributed by atoms with van der Waals surface area (Å²) in [4.78, 5) is 11.7. The molecule has 0 fully saturated rings. The van der Waals surface area contributed by atoms with Gasteiger partial charge in [-0.3, -0.25) is 4.79 Å². The summed E-state index contributed by atoms with van der Waals surface area (Å²) >= 11 is 0. The number of ketones is 1. The Labute approximate surface area is 85.2 Å². The Hall–Kier alpha value is -1.11. The molecule has 0 heterocycles. The normalized spacial score (nSPS) is 24.3. The summed E-state index contributed by atoms with van der Waals surface area (Å²) in [6.07, 6.45) is 8.28. The van der Waals surface area contributed by atoms with Crippen LogP contribution in [0.1, 0.15) is 39.5 Å². The van der Waals surface area contributed by atoms with Crippen LogP contribution in [0, 0.1) is 0 Å². The number of hydrogen-bond acceptors (Lipinski definition) is 1. The van der Waals surface area contributed by atoms with Crippen LogP contribution in [0.5, 0.6) is 0 Å². The molecular weight excluding hydrogens is 172 g/mol. The Bertz CT molecular complexity index is 367. The molecule has 14 heavy (non-hydrogen) atoms. The van der Waals surface area contributed by atoms with Crippen molar-refractivity contribution in [1.82, 2.24) is 0 Å². The molecule has 2 rings (SSSR count). The highest BCUT2D eigenvalue weighted by Crippen LogP contribution is 2.39. The third-order valence-electron chi connectivity index (χ3n) is 2.99. The molecule has 1 heteroatoms. The van der Waals surface area contributed by atoms with Gasteiger partial charge in [-0.2, -0.15) is 0 Å². The van der Waals surface area contributed by atoms with Crippen LogP contribution in [-0.4, -0.2) is 5.78 Å². The number of rotatable bonds is 1. The van der Waals surface area contributed by atoms with E-state index in [-0.39, 0.29) is 5.78 Å². The standard InChI is InChI=1S/C13H16O/c1-3-5-11-12(14)8-10-7-4-6-9(2)13(10)11/h5,8H,3-4,6-7H2,1-2H3/b11-5+. The van der Waals surface area contributed by atoms with Crippen molar-refractivity contribution in [3.05, 3.63) is 34.4 Å². The number of carbonyl (C=O) groups excluding carboxylic acids is 1. The van der Waals surface area contributed by atoms with Crippen molar-refractivity contribution in [2.75, 3.05) is 0 Å². The first kappa shape index (κ1) is 9.45. The fraction of sp³-hybridized carbons (Fsp3) is 0.462. The Balaban J connectivity index is 2.49. The number of carbonyl (C=O) groups is 1. The molecule has 0 aromatic carbocycles. The molecule has 0 aliphatic heterocycles. The van der Waals surface area contributed by atoms with Crippen molar-refractivity contribution < 1.29 is 4.79 Å². The average Bonchev–Trinajstić information content (AvgIpc) is 2.45. The third-order valence-corrected chi connectivity index (χ3v) is 2.99. The van der Waals surface area contributed by atoms with Crippen LogP contribution in [0.3, 0.4) is 0 Å². The van der Waals surface area contributed by atoms with E-state index in [0.29, 0.717) is 0 Å². The van der Waals surface area contributed by atoms with Crippen LogP contribution in [0.15, 0.2) is 34.4 Å². The third kappa shape index (κ3) is 1.37. The predicted octanol–water partition coefficient (Wildman–Crippen LogP) is 3.33. The van der Waals surface area contributed by atoms with Crippen molar-refractivity contribution in [3.63, 3.8) is 0 Å². The molecule has 1 nitrogen and oxygen atoms in total. The van der Waals surface area contributed by atoms with Gasteiger partial charge in [0.05, 0.1) is 0 Å². The van der Waals surface area contributed by atoms with Crippen molar-refractivity contribution in [3.8, 4) is 0 Å². The van der Waals surface area contributed by atoms with Gasteiger partial charge in [0, 0.05) is 5.57 Å².